The Hall–Kier alpha value is -2.56. The van der Waals surface area contributed by atoms with Crippen molar-refractivity contribution in [3.8, 4) is 11.5 Å². The van der Waals surface area contributed by atoms with Crippen LogP contribution in [-0.2, 0) is 9.53 Å². The van der Waals surface area contributed by atoms with E-state index in [9.17, 15) is 14.7 Å². The van der Waals surface area contributed by atoms with E-state index in [4.69, 9.17) is 9.47 Å². The first-order valence-corrected chi connectivity index (χ1v) is 9.14. The van der Waals surface area contributed by atoms with E-state index in [1.165, 1.54) is 12.1 Å². The molecule has 1 aliphatic heterocycles. The number of unbranched alkanes of at least 4 members (excludes halogenated alkanes) is 1. The van der Waals surface area contributed by atoms with Gasteiger partial charge in [-0.05, 0) is 43.4 Å². The smallest absolute Gasteiger partial charge is 0.342 e. The van der Waals surface area contributed by atoms with Gasteiger partial charge in [0.05, 0.1) is 13.2 Å². The van der Waals surface area contributed by atoms with E-state index in [-0.39, 0.29) is 23.7 Å². The number of hydrogen-bond acceptors (Lipinski definition) is 5. The summed E-state index contributed by atoms with van der Waals surface area (Å²) in [5.74, 6) is -0.140. The van der Waals surface area contributed by atoms with Crippen molar-refractivity contribution in [2.75, 3.05) is 13.2 Å². The Kier molecular flexibility index (Phi) is 7.93. The van der Waals surface area contributed by atoms with Crippen LogP contribution in [0.15, 0.2) is 30.4 Å². The van der Waals surface area contributed by atoms with Crippen LogP contribution in [0.5, 0.6) is 11.5 Å². The number of ketones is 1. The van der Waals surface area contributed by atoms with Crippen molar-refractivity contribution in [1.82, 2.24) is 0 Å². The summed E-state index contributed by atoms with van der Waals surface area (Å²) in [5, 5.41) is 10.3. The Morgan fingerprint density at radius 1 is 1.15 bits per heavy atom. The molecule has 1 heterocycles. The van der Waals surface area contributed by atoms with Crippen LogP contribution in [0.1, 0.15) is 61.4 Å². The van der Waals surface area contributed by atoms with Crippen LogP contribution in [0.25, 0.3) is 6.08 Å². The number of fused-ring (bicyclic) bond motifs is 1. The van der Waals surface area contributed by atoms with Crippen molar-refractivity contribution in [3.05, 3.63) is 41.5 Å². The van der Waals surface area contributed by atoms with E-state index in [0.717, 1.165) is 19.3 Å². The number of phenols is 1. The third kappa shape index (κ3) is 6.06. The molecule has 0 aromatic heterocycles. The summed E-state index contributed by atoms with van der Waals surface area (Å²) in [4.78, 5) is 24.0. The van der Waals surface area contributed by atoms with Gasteiger partial charge in [0, 0.05) is 12.5 Å². The van der Waals surface area contributed by atoms with Gasteiger partial charge in [0.25, 0.3) is 0 Å². The summed E-state index contributed by atoms with van der Waals surface area (Å²) in [7, 11) is 0. The SMILES string of the molecule is CCCCOc1cc(O)c2c(c1)/C=C/CCCC(=O)/C=C\CCOC2=O. The molecule has 0 spiro atoms. The second-order valence-corrected chi connectivity index (χ2v) is 6.20. The molecule has 1 aromatic rings. The van der Waals surface area contributed by atoms with E-state index >= 15 is 0 Å². The summed E-state index contributed by atoms with van der Waals surface area (Å²) < 4.78 is 10.9. The largest absolute Gasteiger partial charge is 0.507 e. The highest BCUT2D eigenvalue weighted by atomic mass is 16.5. The molecular formula is C21H26O5. The van der Waals surface area contributed by atoms with Gasteiger partial charge in [0.2, 0.25) is 0 Å². The van der Waals surface area contributed by atoms with Crippen molar-refractivity contribution < 1.29 is 24.2 Å². The lowest BCUT2D eigenvalue weighted by molar-refractivity contribution is -0.114. The molecule has 1 aliphatic rings. The number of allylic oxidation sites excluding steroid dienone is 2. The number of carbonyl (C=O) groups is 2. The van der Waals surface area contributed by atoms with Gasteiger partial charge in [-0.25, -0.2) is 4.79 Å². The molecule has 0 saturated carbocycles. The van der Waals surface area contributed by atoms with Gasteiger partial charge < -0.3 is 14.6 Å². The summed E-state index contributed by atoms with van der Waals surface area (Å²) in [5.41, 5.74) is 0.696. The summed E-state index contributed by atoms with van der Waals surface area (Å²) >= 11 is 0. The third-order valence-electron chi connectivity index (χ3n) is 4.01. The van der Waals surface area contributed by atoms with Crippen LogP contribution in [0, 0.1) is 0 Å². The molecule has 5 nitrogen and oxygen atoms in total. The van der Waals surface area contributed by atoms with Gasteiger partial charge in [0.15, 0.2) is 5.78 Å². The molecular weight excluding hydrogens is 332 g/mol. The predicted octanol–water partition coefficient (Wildman–Crippen LogP) is 4.44. The number of rotatable bonds is 4. The third-order valence-corrected chi connectivity index (χ3v) is 4.01. The summed E-state index contributed by atoms with van der Waals surface area (Å²) in [6, 6.07) is 3.19. The quantitative estimate of drug-likeness (QED) is 0.636. The minimum Gasteiger partial charge on any atom is -0.507 e. The average molecular weight is 358 g/mol. The molecule has 0 unspecified atom stereocenters. The molecule has 0 amide bonds. The fourth-order valence-corrected chi connectivity index (χ4v) is 2.59. The van der Waals surface area contributed by atoms with Crippen molar-refractivity contribution >= 4 is 17.8 Å². The maximum absolute atomic E-state index is 12.4. The lowest BCUT2D eigenvalue weighted by Crippen LogP contribution is -2.09. The molecule has 0 bridgehead atoms. The summed E-state index contributed by atoms with van der Waals surface area (Å²) in [6.45, 7) is 2.78. The molecule has 2 rings (SSSR count). The molecule has 0 saturated heterocycles. The van der Waals surface area contributed by atoms with E-state index in [0.29, 0.717) is 37.2 Å². The Balaban J connectivity index is 2.27. The van der Waals surface area contributed by atoms with Gasteiger partial charge in [-0.3, -0.25) is 4.79 Å². The minimum atomic E-state index is -0.584. The molecule has 0 aliphatic carbocycles. The Bertz CT molecular complexity index is 688. The first-order chi connectivity index (χ1) is 12.6. The normalized spacial score (nSPS) is 18.3. The van der Waals surface area contributed by atoms with Crippen LogP contribution >= 0.6 is 0 Å². The lowest BCUT2D eigenvalue weighted by atomic mass is 10.0. The zero-order chi connectivity index (χ0) is 18.8. The van der Waals surface area contributed by atoms with Gasteiger partial charge in [-0.1, -0.05) is 31.6 Å². The zero-order valence-corrected chi connectivity index (χ0v) is 15.2. The van der Waals surface area contributed by atoms with Gasteiger partial charge in [-0.2, -0.15) is 0 Å². The Morgan fingerprint density at radius 3 is 2.77 bits per heavy atom. The van der Waals surface area contributed by atoms with E-state index < -0.39 is 5.97 Å². The van der Waals surface area contributed by atoms with Crippen LogP contribution in [-0.4, -0.2) is 30.1 Å². The number of phenolic OH excluding ortho intramolecular Hbond substituents is 1. The molecule has 5 heteroatoms. The maximum atomic E-state index is 12.4. The fourth-order valence-electron chi connectivity index (χ4n) is 2.59. The van der Waals surface area contributed by atoms with E-state index in [2.05, 4.69) is 6.92 Å². The minimum absolute atomic E-state index is 0.0754. The molecule has 0 fully saturated rings. The number of hydrogen-bond donors (Lipinski definition) is 1. The molecule has 26 heavy (non-hydrogen) atoms. The van der Waals surface area contributed by atoms with Crippen molar-refractivity contribution in [2.45, 2.75) is 45.4 Å². The highest BCUT2D eigenvalue weighted by Gasteiger charge is 2.18. The number of aromatic hydroxyl groups is 1. The molecule has 140 valence electrons. The Morgan fingerprint density at radius 2 is 1.96 bits per heavy atom. The second-order valence-electron chi connectivity index (χ2n) is 6.20. The molecule has 0 radical (unpaired) electrons. The first-order valence-electron chi connectivity index (χ1n) is 9.14. The lowest BCUT2D eigenvalue weighted by Gasteiger charge is -2.12. The maximum Gasteiger partial charge on any atom is 0.342 e. The van der Waals surface area contributed by atoms with Gasteiger partial charge >= 0.3 is 5.97 Å². The molecule has 1 aromatic carbocycles. The van der Waals surface area contributed by atoms with Crippen LogP contribution in [0.2, 0.25) is 0 Å². The molecule has 0 atom stereocenters. The number of ether oxygens (including phenoxy) is 2. The average Bonchev–Trinajstić information content (AvgIpc) is 2.60. The van der Waals surface area contributed by atoms with Crippen molar-refractivity contribution in [1.29, 1.82) is 0 Å². The van der Waals surface area contributed by atoms with Gasteiger partial charge in [-0.15, -0.1) is 0 Å². The summed E-state index contributed by atoms with van der Waals surface area (Å²) in [6.07, 6.45) is 11.2. The number of esters is 1. The standard InChI is InChI=1S/C21H26O5/c1-2-3-12-25-18-14-16-9-5-4-6-10-17(22)11-7-8-13-26-21(24)20(16)19(23)15-18/h5,7,9,11,14-15,23H,2-4,6,8,10,12-13H2,1H3/b9-5+,11-7-. The number of carbonyl (C=O) groups excluding carboxylic acids is 2. The second kappa shape index (κ2) is 10.4. The Labute approximate surface area is 154 Å². The zero-order valence-electron chi connectivity index (χ0n) is 15.2. The van der Waals surface area contributed by atoms with Crippen LogP contribution in [0.3, 0.4) is 0 Å². The van der Waals surface area contributed by atoms with Crippen LogP contribution < -0.4 is 4.74 Å². The number of cyclic esters (lactones) is 1. The fraction of sp³-hybridized carbons (Fsp3) is 0.429. The topological polar surface area (TPSA) is 72.8 Å². The van der Waals surface area contributed by atoms with Gasteiger partial charge in [0.1, 0.15) is 17.1 Å². The monoisotopic (exact) mass is 358 g/mol. The first kappa shape index (κ1) is 19.8. The van der Waals surface area contributed by atoms with Crippen LogP contribution in [0.4, 0.5) is 0 Å². The molecule has 1 N–H and O–H groups in total. The van der Waals surface area contributed by atoms with Crippen molar-refractivity contribution in [2.24, 2.45) is 0 Å². The highest BCUT2D eigenvalue weighted by Crippen LogP contribution is 2.30. The van der Waals surface area contributed by atoms with E-state index in [1.807, 2.05) is 6.08 Å². The van der Waals surface area contributed by atoms with E-state index in [1.54, 1.807) is 18.2 Å². The highest BCUT2D eigenvalue weighted by molar-refractivity contribution is 5.97. The number of benzene rings is 1. The van der Waals surface area contributed by atoms with Crippen molar-refractivity contribution in [3.63, 3.8) is 0 Å². The predicted molar refractivity (Wildman–Crippen MR) is 100 cm³/mol.